The second-order valence-electron chi connectivity index (χ2n) is 5.23. The van der Waals surface area contributed by atoms with Gasteiger partial charge < -0.3 is 15.4 Å². The van der Waals surface area contributed by atoms with Crippen LogP contribution < -0.4 is 10.6 Å². The first-order valence-corrected chi connectivity index (χ1v) is 7.68. The number of alkyl halides is 2. The fourth-order valence-corrected chi connectivity index (χ4v) is 2.43. The standard InChI is InChI=1S/C15H16Cl2N2O4/c1-23-13(21)8-18-12(20)6-9-2-4-10(5-3-9)19-14(22)11-7-15(11,16)17/h2-5,11H,6-8H2,1H3,(H,18,20)(H,19,22). The number of carbonyl (C=O) groups excluding carboxylic acids is 3. The summed E-state index contributed by atoms with van der Waals surface area (Å²) in [7, 11) is 1.25. The van der Waals surface area contributed by atoms with Crippen molar-refractivity contribution in [3.05, 3.63) is 29.8 Å². The molecule has 0 aliphatic heterocycles. The number of carbonyl (C=O) groups is 3. The smallest absolute Gasteiger partial charge is 0.325 e. The zero-order valence-electron chi connectivity index (χ0n) is 12.4. The van der Waals surface area contributed by atoms with Crippen LogP contribution in [-0.2, 0) is 25.5 Å². The van der Waals surface area contributed by atoms with Crippen LogP contribution in [0.2, 0.25) is 0 Å². The molecule has 0 bridgehead atoms. The number of hydrogen-bond acceptors (Lipinski definition) is 4. The number of rotatable bonds is 6. The topological polar surface area (TPSA) is 84.5 Å². The molecule has 6 nitrogen and oxygen atoms in total. The zero-order chi connectivity index (χ0) is 17.0. The van der Waals surface area contributed by atoms with Crippen LogP contribution >= 0.6 is 23.2 Å². The Hall–Kier alpha value is -1.79. The van der Waals surface area contributed by atoms with Gasteiger partial charge in [-0.05, 0) is 24.1 Å². The normalized spacial score (nSPS) is 18.0. The lowest BCUT2D eigenvalue weighted by molar-refractivity contribution is -0.141. The van der Waals surface area contributed by atoms with E-state index in [0.29, 0.717) is 12.1 Å². The van der Waals surface area contributed by atoms with Gasteiger partial charge in [0.2, 0.25) is 11.8 Å². The van der Waals surface area contributed by atoms with Gasteiger partial charge in [-0.3, -0.25) is 14.4 Å². The largest absolute Gasteiger partial charge is 0.468 e. The molecule has 0 spiro atoms. The lowest BCUT2D eigenvalue weighted by Gasteiger charge is -2.07. The third-order valence-electron chi connectivity index (χ3n) is 3.39. The Morgan fingerprint density at radius 2 is 1.87 bits per heavy atom. The molecule has 0 aromatic heterocycles. The number of hydrogen-bond donors (Lipinski definition) is 2. The number of halogens is 2. The van der Waals surface area contributed by atoms with Crippen LogP contribution in [0.3, 0.4) is 0 Å². The van der Waals surface area contributed by atoms with Crippen LogP contribution in [0.15, 0.2) is 24.3 Å². The predicted octanol–water partition coefficient (Wildman–Crippen LogP) is 1.65. The molecule has 0 saturated heterocycles. The van der Waals surface area contributed by atoms with Gasteiger partial charge in [0, 0.05) is 5.69 Å². The van der Waals surface area contributed by atoms with Gasteiger partial charge in [0.1, 0.15) is 10.9 Å². The third-order valence-corrected chi connectivity index (χ3v) is 4.22. The SMILES string of the molecule is COC(=O)CNC(=O)Cc1ccc(NC(=O)C2CC2(Cl)Cl)cc1. The van der Waals surface area contributed by atoms with E-state index in [2.05, 4.69) is 15.4 Å². The molecule has 1 aromatic carbocycles. The maximum absolute atomic E-state index is 11.8. The summed E-state index contributed by atoms with van der Waals surface area (Å²) in [5, 5.41) is 5.17. The molecule has 1 fully saturated rings. The first-order chi connectivity index (χ1) is 10.8. The van der Waals surface area contributed by atoms with Gasteiger partial charge >= 0.3 is 5.97 Å². The maximum atomic E-state index is 11.8. The number of anilines is 1. The van der Waals surface area contributed by atoms with Gasteiger partial charge in [-0.15, -0.1) is 23.2 Å². The van der Waals surface area contributed by atoms with Crippen LogP contribution in [-0.4, -0.2) is 35.8 Å². The van der Waals surface area contributed by atoms with E-state index in [-0.39, 0.29) is 24.8 Å². The Kier molecular flexibility index (Phi) is 5.49. The summed E-state index contributed by atoms with van der Waals surface area (Å²) in [6.07, 6.45) is 0.570. The van der Waals surface area contributed by atoms with Gasteiger partial charge in [0.25, 0.3) is 0 Å². The summed E-state index contributed by atoms with van der Waals surface area (Å²) in [4.78, 5) is 34.4. The van der Waals surface area contributed by atoms with Crippen molar-refractivity contribution in [2.75, 3.05) is 19.0 Å². The van der Waals surface area contributed by atoms with Crippen molar-refractivity contribution in [2.24, 2.45) is 5.92 Å². The van der Waals surface area contributed by atoms with Crippen LogP contribution in [0.4, 0.5) is 5.69 Å². The molecule has 2 amide bonds. The van der Waals surface area contributed by atoms with Crippen LogP contribution in [0, 0.1) is 5.92 Å². The van der Waals surface area contributed by atoms with E-state index in [9.17, 15) is 14.4 Å². The highest BCUT2D eigenvalue weighted by Crippen LogP contribution is 2.53. The molecule has 2 rings (SSSR count). The average Bonchev–Trinajstić information content (AvgIpc) is 3.15. The van der Waals surface area contributed by atoms with E-state index in [1.165, 1.54) is 7.11 Å². The first-order valence-electron chi connectivity index (χ1n) is 6.93. The third kappa shape index (κ3) is 5.11. The van der Waals surface area contributed by atoms with Crippen molar-refractivity contribution in [2.45, 2.75) is 17.2 Å². The summed E-state index contributed by atoms with van der Waals surface area (Å²) in [5.74, 6) is -1.42. The van der Waals surface area contributed by atoms with Gasteiger partial charge in [-0.25, -0.2) is 0 Å². The molecule has 1 aliphatic carbocycles. The molecular formula is C15H16Cl2N2O4. The Labute approximate surface area is 143 Å². The molecule has 0 radical (unpaired) electrons. The number of benzene rings is 1. The second-order valence-corrected chi connectivity index (χ2v) is 6.78. The summed E-state index contributed by atoms with van der Waals surface area (Å²) < 4.78 is 3.47. The molecule has 8 heteroatoms. The maximum Gasteiger partial charge on any atom is 0.325 e. The number of methoxy groups -OCH3 is 1. The lowest BCUT2D eigenvalue weighted by atomic mass is 10.1. The summed E-state index contributed by atoms with van der Waals surface area (Å²) in [6, 6.07) is 6.81. The van der Waals surface area contributed by atoms with Crippen molar-refractivity contribution >= 4 is 46.7 Å². The Morgan fingerprint density at radius 3 is 2.39 bits per heavy atom. The minimum Gasteiger partial charge on any atom is -0.468 e. The molecule has 1 saturated carbocycles. The Balaban J connectivity index is 1.81. The molecule has 0 heterocycles. The highest BCUT2D eigenvalue weighted by atomic mass is 35.5. The summed E-state index contributed by atoms with van der Waals surface area (Å²) in [5.41, 5.74) is 1.35. The summed E-state index contributed by atoms with van der Waals surface area (Å²) in [6.45, 7) is -0.163. The minimum atomic E-state index is -0.957. The van der Waals surface area contributed by atoms with Crippen LogP contribution in [0.1, 0.15) is 12.0 Å². The monoisotopic (exact) mass is 358 g/mol. The number of ether oxygens (including phenoxy) is 1. The van der Waals surface area contributed by atoms with E-state index in [4.69, 9.17) is 23.2 Å². The van der Waals surface area contributed by atoms with Crippen molar-refractivity contribution in [3.8, 4) is 0 Å². The molecule has 1 aliphatic rings. The second kappa shape index (κ2) is 7.19. The number of esters is 1. The van der Waals surface area contributed by atoms with E-state index >= 15 is 0 Å². The fraction of sp³-hybridized carbons (Fsp3) is 0.400. The van der Waals surface area contributed by atoms with E-state index in [0.717, 1.165) is 5.56 Å². The molecule has 1 aromatic rings. The van der Waals surface area contributed by atoms with Gasteiger partial charge in [0.05, 0.1) is 19.4 Å². The molecular weight excluding hydrogens is 343 g/mol. The van der Waals surface area contributed by atoms with E-state index in [1.54, 1.807) is 24.3 Å². The fourth-order valence-electron chi connectivity index (χ4n) is 1.92. The minimum absolute atomic E-state index is 0.125. The summed E-state index contributed by atoms with van der Waals surface area (Å²) >= 11 is 11.7. The van der Waals surface area contributed by atoms with Crippen molar-refractivity contribution in [1.82, 2.24) is 5.32 Å². The highest BCUT2D eigenvalue weighted by molar-refractivity contribution is 6.52. The number of amides is 2. The quantitative estimate of drug-likeness (QED) is 0.598. The predicted molar refractivity (Wildman–Crippen MR) is 86.3 cm³/mol. The average molecular weight is 359 g/mol. The van der Waals surface area contributed by atoms with Crippen molar-refractivity contribution < 1.29 is 19.1 Å². The van der Waals surface area contributed by atoms with Crippen molar-refractivity contribution in [3.63, 3.8) is 0 Å². The molecule has 124 valence electrons. The molecule has 1 atom stereocenters. The van der Waals surface area contributed by atoms with Crippen LogP contribution in [0.25, 0.3) is 0 Å². The lowest BCUT2D eigenvalue weighted by Crippen LogP contribution is -2.31. The highest BCUT2D eigenvalue weighted by Gasteiger charge is 2.56. The Bertz CT molecular complexity index is 616. The van der Waals surface area contributed by atoms with Gasteiger partial charge in [-0.1, -0.05) is 12.1 Å². The first kappa shape index (κ1) is 17.6. The number of nitrogens with one attached hydrogen (secondary N) is 2. The van der Waals surface area contributed by atoms with E-state index in [1.807, 2.05) is 0 Å². The zero-order valence-corrected chi connectivity index (χ0v) is 13.9. The van der Waals surface area contributed by atoms with Gasteiger partial charge in [-0.2, -0.15) is 0 Å². The van der Waals surface area contributed by atoms with Crippen LogP contribution in [0.5, 0.6) is 0 Å². The van der Waals surface area contributed by atoms with Gasteiger partial charge in [0.15, 0.2) is 0 Å². The molecule has 23 heavy (non-hydrogen) atoms. The molecule has 2 N–H and O–H groups in total. The van der Waals surface area contributed by atoms with Crippen molar-refractivity contribution in [1.29, 1.82) is 0 Å². The Morgan fingerprint density at radius 1 is 1.26 bits per heavy atom. The molecule has 1 unspecified atom stereocenters. The van der Waals surface area contributed by atoms with E-state index < -0.39 is 16.2 Å².